The number of hydrogen-bond donors (Lipinski definition) is 2. The quantitative estimate of drug-likeness (QED) is 0.649. The lowest BCUT2D eigenvalue weighted by Gasteiger charge is -2.15. The molecule has 0 spiro atoms. The lowest BCUT2D eigenvalue weighted by Crippen LogP contribution is -2.29. The van der Waals surface area contributed by atoms with E-state index >= 15 is 0 Å². The number of aryl methyl sites for hydroxylation is 2. The number of fused-ring (bicyclic) bond motifs is 1. The summed E-state index contributed by atoms with van der Waals surface area (Å²) < 4.78 is 0. The van der Waals surface area contributed by atoms with Crippen molar-refractivity contribution in [2.24, 2.45) is 5.84 Å². The molecule has 106 valence electrons. The van der Waals surface area contributed by atoms with E-state index in [0.29, 0.717) is 10.0 Å². The normalized spacial score (nSPS) is 15.3. The highest BCUT2D eigenvalue weighted by Crippen LogP contribution is 2.35. The van der Waals surface area contributed by atoms with E-state index in [1.54, 1.807) is 6.07 Å². The summed E-state index contributed by atoms with van der Waals surface area (Å²) >= 11 is 14.0. The van der Waals surface area contributed by atoms with Gasteiger partial charge in [-0.2, -0.15) is 0 Å². The van der Waals surface area contributed by atoms with Crippen LogP contribution in [0.2, 0.25) is 10.0 Å². The number of nitrogens with one attached hydrogen (secondary N) is 1. The monoisotopic (exact) mass is 326 g/mol. The second-order valence-corrected chi connectivity index (χ2v) is 7.12. The summed E-state index contributed by atoms with van der Waals surface area (Å²) in [6.07, 6.45) is 4.46. The average molecular weight is 327 g/mol. The van der Waals surface area contributed by atoms with Gasteiger partial charge >= 0.3 is 0 Å². The number of halogens is 2. The van der Waals surface area contributed by atoms with Crippen LogP contribution in [0.5, 0.6) is 0 Å². The lowest BCUT2D eigenvalue weighted by atomic mass is 10.0. The van der Waals surface area contributed by atoms with Crippen molar-refractivity contribution in [1.29, 1.82) is 0 Å². The highest BCUT2D eigenvalue weighted by Gasteiger charge is 2.20. The van der Waals surface area contributed by atoms with Gasteiger partial charge in [0.25, 0.3) is 0 Å². The lowest BCUT2D eigenvalue weighted by molar-refractivity contribution is 0.560. The SMILES string of the molecule is NNC(Cc1ccc(Cl)cc1Cl)c1cc2c(s1)CCC2. The fraction of sp³-hybridized carbons (Fsp3) is 0.333. The predicted molar refractivity (Wildman–Crippen MR) is 86.6 cm³/mol. The number of hydrazine groups is 1. The van der Waals surface area contributed by atoms with Gasteiger partial charge in [0.1, 0.15) is 0 Å². The molecule has 1 aliphatic carbocycles. The fourth-order valence-electron chi connectivity index (χ4n) is 2.67. The van der Waals surface area contributed by atoms with Crippen LogP contribution in [0, 0.1) is 0 Å². The standard InChI is InChI=1S/C15H16Cl2N2S/c16-11-5-4-9(12(17)8-11)6-13(19-18)15-7-10-2-1-3-14(10)20-15/h4-5,7-8,13,19H,1-3,6,18H2. The zero-order valence-corrected chi connectivity index (χ0v) is 13.3. The van der Waals surface area contributed by atoms with Crippen molar-refractivity contribution in [3.8, 4) is 0 Å². The molecule has 20 heavy (non-hydrogen) atoms. The van der Waals surface area contributed by atoms with E-state index in [0.717, 1.165) is 12.0 Å². The Bertz CT molecular complexity index is 603. The molecule has 1 atom stereocenters. The molecule has 1 heterocycles. The Morgan fingerprint density at radius 1 is 1.25 bits per heavy atom. The highest BCUT2D eigenvalue weighted by atomic mass is 35.5. The molecule has 0 saturated carbocycles. The van der Waals surface area contributed by atoms with Crippen LogP contribution in [0.4, 0.5) is 0 Å². The van der Waals surface area contributed by atoms with E-state index in [-0.39, 0.29) is 6.04 Å². The minimum absolute atomic E-state index is 0.101. The molecule has 0 saturated heterocycles. The highest BCUT2D eigenvalue weighted by molar-refractivity contribution is 7.12. The van der Waals surface area contributed by atoms with Crippen molar-refractivity contribution in [3.05, 3.63) is 55.2 Å². The Labute approximate surface area is 132 Å². The van der Waals surface area contributed by atoms with Crippen molar-refractivity contribution in [2.45, 2.75) is 31.7 Å². The molecular weight excluding hydrogens is 311 g/mol. The maximum atomic E-state index is 6.24. The van der Waals surface area contributed by atoms with Crippen LogP contribution in [0.1, 0.15) is 33.3 Å². The number of hydrogen-bond acceptors (Lipinski definition) is 3. The predicted octanol–water partition coefficient (Wildman–Crippen LogP) is 4.29. The minimum atomic E-state index is 0.101. The van der Waals surface area contributed by atoms with Gasteiger partial charge in [-0.3, -0.25) is 11.3 Å². The molecule has 2 nitrogen and oxygen atoms in total. The number of benzene rings is 1. The zero-order valence-electron chi connectivity index (χ0n) is 11.0. The zero-order chi connectivity index (χ0) is 14.1. The van der Waals surface area contributed by atoms with Crippen LogP contribution < -0.4 is 11.3 Å². The summed E-state index contributed by atoms with van der Waals surface area (Å²) in [6.45, 7) is 0. The Hall–Kier alpha value is -0.580. The van der Waals surface area contributed by atoms with Crippen LogP contribution in [0.25, 0.3) is 0 Å². The van der Waals surface area contributed by atoms with Crippen molar-refractivity contribution in [2.75, 3.05) is 0 Å². The second-order valence-electron chi connectivity index (χ2n) is 5.11. The first kappa shape index (κ1) is 14.4. The van der Waals surface area contributed by atoms with Gasteiger partial charge in [0.2, 0.25) is 0 Å². The third kappa shape index (κ3) is 2.87. The van der Waals surface area contributed by atoms with E-state index in [4.69, 9.17) is 29.0 Å². The van der Waals surface area contributed by atoms with E-state index in [1.165, 1.54) is 34.6 Å². The maximum absolute atomic E-state index is 6.24. The molecule has 1 unspecified atom stereocenters. The molecule has 1 aromatic heterocycles. The summed E-state index contributed by atoms with van der Waals surface area (Å²) in [5.74, 6) is 5.74. The van der Waals surface area contributed by atoms with Gasteiger partial charge in [-0.1, -0.05) is 29.3 Å². The molecule has 3 N–H and O–H groups in total. The molecule has 0 aliphatic heterocycles. The Balaban J connectivity index is 1.82. The minimum Gasteiger partial charge on any atom is -0.271 e. The molecule has 0 bridgehead atoms. The van der Waals surface area contributed by atoms with Crippen LogP contribution in [0.15, 0.2) is 24.3 Å². The van der Waals surface area contributed by atoms with Gasteiger partial charge in [-0.05, 0) is 55.0 Å². The maximum Gasteiger partial charge on any atom is 0.0594 e. The van der Waals surface area contributed by atoms with Crippen LogP contribution in [-0.4, -0.2) is 0 Å². The molecule has 0 fully saturated rings. The third-order valence-corrected chi connectivity index (χ3v) is 5.69. The molecule has 3 rings (SSSR count). The molecule has 1 aromatic carbocycles. The van der Waals surface area contributed by atoms with Gasteiger partial charge in [0.15, 0.2) is 0 Å². The molecule has 0 radical (unpaired) electrons. The summed E-state index contributed by atoms with van der Waals surface area (Å²) in [6, 6.07) is 8.01. The second kappa shape index (κ2) is 6.04. The van der Waals surface area contributed by atoms with E-state index in [2.05, 4.69) is 11.5 Å². The van der Waals surface area contributed by atoms with Crippen LogP contribution >= 0.6 is 34.5 Å². The third-order valence-electron chi connectivity index (χ3n) is 3.75. The largest absolute Gasteiger partial charge is 0.271 e. The van der Waals surface area contributed by atoms with Crippen LogP contribution in [0.3, 0.4) is 0 Å². The van der Waals surface area contributed by atoms with Crippen LogP contribution in [-0.2, 0) is 19.3 Å². The van der Waals surface area contributed by atoms with Gasteiger partial charge in [0.05, 0.1) is 6.04 Å². The summed E-state index contributed by atoms with van der Waals surface area (Å²) in [5, 5.41) is 1.35. The van der Waals surface area contributed by atoms with Crippen molar-refractivity contribution in [3.63, 3.8) is 0 Å². The van der Waals surface area contributed by atoms with Gasteiger partial charge in [-0.25, -0.2) is 0 Å². The Kier molecular flexibility index (Phi) is 4.34. The first-order valence-electron chi connectivity index (χ1n) is 6.69. The van der Waals surface area contributed by atoms with E-state index in [9.17, 15) is 0 Å². The van der Waals surface area contributed by atoms with Gasteiger partial charge < -0.3 is 0 Å². The van der Waals surface area contributed by atoms with Crippen molar-refractivity contribution < 1.29 is 0 Å². The number of nitrogens with two attached hydrogens (primary N) is 1. The molecule has 5 heteroatoms. The molecular formula is C15H16Cl2N2S. The van der Waals surface area contributed by atoms with E-state index < -0.39 is 0 Å². The summed E-state index contributed by atoms with van der Waals surface area (Å²) in [7, 11) is 0. The first-order chi connectivity index (χ1) is 9.67. The van der Waals surface area contributed by atoms with Crippen molar-refractivity contribution in [1.82, 2.24) is 5.43 Å². The number of rotatable bonds is 4. The Morgan fingerprint density at radius 3 is 2.80 bits per heavy atom. The van der Waals surface area contributed by atoms with E-state index in [1.807, 2.05) is 23.5 Å². The Morgan fingerprint density at radius 2 is 2.10 bits per heavy atom. The summed E-state index contributed by atoms with van der Waals surface area (Å²) in [4.78, 5) is 2.81. The molecule has 2 aromatic rings. The van der Waals surface area contributed by atoms with Gasteiger partial charge in [0, 0.05) is 19.8 Å². The van der Waals surface area contributed by atoms with Gasteiger partial charge in [-0.15, -0.1) is 11.3 Å². The average Bonchev–Trinajstić information content (AvgIpc) is 2.98. The number of thiophene rings is 1. The van der Waals surface area contributed by atoms with Crippen molar-refractivity contribution >= 4 is 34.5 Å². The fourth-order valence-corrected chi connectivity index (χ4v) is 4.48. The first-order valence-corrected chi connectivity index (χ1v) is 8.26. The summed E-state index contributed by atoms with van der Waals surface area (Å²) in [5.41, 5.74) is 5.47. The molecule has 0 amide bonds. The topological polar surface area (TPSA) is 38.0 Å². The molecule has 1 aliphatic rings. The smallest absolute Gasteiger partial charge is 0.0594 e.